The number of rotatable bonds is 5. The number of hydrogen-bond donors (Lipinski definition) is 1. The Balaban J connectivity index is 1.27. The summed E-state index contributed by atoms with van der Waals surface area (Å²) in [4.78, 5) is 23.7. The number of benzene rings is 5. The number of nitrogens with one attached hydrogen (secondary N) is 1. The van der Waals surface area contributed by atoms with Gasteiger partial charge in [0.1, 0.15) is 0 Å². The van der Waals surface area contributed by atoms with Gasteiger partial charge in [0.2, 0.25) is 5.95 Å². The van der Waals surface area contributed by atoms with Crippen molar-refractivity contribution in [1.29, 1.82) is 0 Å². The number of fused-ring (bicyclic) bond motifs is 5. The van der Waals surface area contributed by atoms with E-state index in [9.17, 15) is 0 Å². The summed E-state index contributed by atoms with van der Waals surface area (Å²) in [7, 11) is 0. The smallest absolute Gasteiger partial charge is 0.238 e. The molecule has 216 valence electrons. The summed E-state index contributed by atoms with van der Waals surface area (Å²) in [5.74, 6) is 1.72. The van der Waals surface area contributed by atoms with Crippen LogP contribution in [0, 0.1) is 0 Å². The van der Waals surface area contributed by atoms with Crippen LogP contribution in [-0.2, 0) is 0 Å². The molecule has 46 heavy (non-hydrogen) atoms. The number of aromatic amines is 1. The zero-order valence-corrected chi connectivity index (χ0v) is 24.7. The third-order valence-corrected chi connectivity index (χ3v) is 8.48. The monoisotopic (exact) mass is 590 g/mol. The molecule has 0 bridgehead atoms. The van der Waals surface area contributed by atoms with Gasteiger partial charge in [-0.3, -0.25) is 9.55 Å². The van der Waals surface area contributed by atoms with Crippen molar-refractivity contribution in [3.63, 3.8) is 0 Å². The topological polar surface area (TPSA) is 72.3 Å². The Morgan fingerprint density at radius 3 is 1.70 bits per heavy atom. The van der Waals surface area contributed by atoms with E-state index in [0.29, 0.717) is 17.6 Å². The molecule has 5 aromatic carbocycles. The van der Waals surface area contributed by atoms with E-state index in [2.05, 4.69) is 120 Å². The van der Waals surface area contributed by atoms with Gasteiger partial charge in [0, 0.05) is 39.8 Å². The summed E-state index contributed by atoms with van der Waals surface area (Å²) in [6.07, 6.45) is 3.93. The molecule has 4 aromatic heterocycles. The minimum absolute atomic E-state index is 0.526. The van der Waals surface area contributed by atoms with E-state index >= 15 is 0 Å². The fourth-order valence-corrected chi connectivity index (χ4v) is 6.23. The SMILES string of the molecule is c1ccc(-c2cccc(-c3nc(-c4cccc(-c5ccccc5)c4)nc(-n4ccc5ncc6c7ccccc7[nH]c6c54)n3)c2)cc1. The highest BCUT2D eigenvalue weighted by atomic mass is 15.2. The predicted octanol–water partition coefficient (Wildman–Crippen LogP) is 9.51. The molecule has 0 saturated heterocycles. The maximum Gasteiger partial charge on any atom is 0.238 e. The van der Waals surface area contributed by atoms with Gasteiger partial charge in [-0.25, -0.2) is 4.98 Å². The van der Waals surface area contributed by atoms with Crippen LogP contribution >= 0.6 is 0 Å². The molecule has 4 heterocycles. The van der Waals surface area contributed by atoms with Crippen molar-refractivity contribution < 1.29 is 0 Å². The molecular weight excluding hydrogens is 564 g/mol. The molecule has 0 saturated carbocycles. The first kappa shape index (κ1) is 26.0. The van der Waals surface area contributed by atoms with Crippen LogP contribution in [0.15, 0.2) is 152 Å². The highest BCUT2D eigenvalue weighted by molar-refractivity contribution is 6.15. The third-order valence-electron chi connectivity index (χ3n) is 8.48. The maximum atomic E-state index is 5.10. The highest BCUT2D eigenvalue weighted by Crippen LogP contribution is 2.33. The minimum Gasteiger partial charge on any atom is -0.353 e. The summed E-state index contributed by atoms with van der Waals surface area (Å²) in [5.41, 5.74) is 10.1. The molecule has 0 atom stereocenters. The Labute approximate surface area is 264 Å². The van der Waals surface area contributed by atoms with Gasteiger partial charge in [0.05, 0.1) is 16.6 Å². The van der Waals surface area contributed by atoms with Gasteiger partial charge in [-0.15, -0.1) is 0 Å². The number of aromatic nitrogens is 6. The first-order valence-electron chi connectivity index (χ1n) is 15.2. The molecule has 9 rings (SSSR count). The summed E-state index contributed by atoms with van der Waals surface area (Å²) >= 11 is 0. The van der Waals surface area contributed by atoms with Gasteiger partial charge in [-0.05, 0) is 46.5 Å². The van der Waals surface area contributed by atoms with E-state index in [1.807, 2.05) is 41.2 Å². The summed E-state index contributed by atoms with van der Waals surface area (Å²) in [6.45, 7) is 0. The zero-order valence-electron chi connectivity index (χ0n) is 24.7. The van der Waals surface area contributed by atoms with Crippen molar-refractivity contribution in [2.75, 3.05) is 0 Å². The lowest BCUT2D eigenvalue weighted by Gasteiger charge is -2.11. The fraction of sp³-hybridized carbons (Fsp3) is 0. The average Bonchev–Trinajstić information content (AvgIpc) is 3.74. The van der Waals surface area contributed by atoms with Crippen molar-refractivity contribution in [3.05, 3.63) is 152 Å². The second kappa shape index (κ2) is 10.6. The van der Waals surface area contributed by atoms with Crippen LogP contribution in [0.1, 0.15) is 0 Å². The van der Waals surface area contributed by atoms with Crippen LogP contribution in [0.5, 0.6) is 0 Å². The van der Waals surface area contributed by atoms with Crippen molar-refractivity contribution in [3.8, 4) is 51.0 Å². The van der Waals surface area contributed by atoms with Crippen molar-refractivity contribution in [1.82, 2.24) is 29.5 Å². The lowest BCUT2D eigenvalue weighted by atomic mass is 10.0. The Hall–Kier alpha value is -6.40. The second-order valence-electron chi connectivity index (χ2n) is 11.3. The van der Waals surface area contributed by atoms with E-state index in [0.717, 1.165) is 66.2 Å². The van der Waals surface area contributed by atoms with Gasteiger partial charge >= 0.3 is 0 Å². The van der Waals surface area contributed by atoms with Gasteiger partial charge in [0.15, 0.2) is 11.6 Å². The molecule has 0 aliphatic carbocycles. The molecule has 1 N–H and O–H groups in total. The van der Waals surface area contributed by atoms with Crippen molar-refractivity contribution in [2.24, 2.45) is 0 Å². The molecule has 0 unspecified atom stereocenters. The normalized spacial score (nSPS) is 11.5. The number of para-hydroxylation sites is 1. The van der Waals surface area contributed by atoms with Gasteiger partial charge in [-0.1, -0.05) is 115 Å². The molecule has 0 spiro atoms. The summed E-state index contributed by atoms with van der Waals surface area (Å²) < 4.78 is 2.02. The molecule has 6 nitrogen and oxygen atoms in total. The number of nitrogens with zero attached hydrogens (tertiary/aromatic N) is 5. The minimum atomic E-state index is 0.526. The van der Waals surface area contributed by atoms with Crippen LogP contribution < -0.4 is 0 Å². The van der Waals surface area contributed by atoms with Crippen LogP contribution in [0.4, 0.5) is 0 Å². The summed E-state index contributed by atoms with van der Waals surface area (Å²) in [5, 5.41) is 2.19. The fourth-order valence-electron chi connectivity index (χ4n) is 6.23. The third kappa shape index (κ3) is 4.43. The molecule has 0 radical (unpaired) electrons. The lowest BCUT2D eigenvalue weighted by molar-refractivity contribution is 0.934. The number of H-pyrrole nitrogens is 1. The Bertz CT molecular complexity index is 2430. The zero-order chi connectivity index (χ0) is 30.5. The van der Waals surface area contributed by atoms with E-state index in [1.165, 1.54) is 0 Å². The van der Waals surface area contributed by atoms with E-state index in [-0.39, 0.29) is 0 Å². The quantitative estimate of drug-likeness (QED) is 0.217. The van der Waals surface area contributed by atoms with E-state index in [1.54, 1.807) is 0 Å². The van der Waals surface area contributed by atoms with Crippen LogP contribution in [0.25, 0.3) is 83.8 Å². The average molecular weight is 591 g/mol. The van der Waals surface area contributed by atoms with E-state index < -0.39 is 0 Å². The molecule has 0 aliphatic rings. The number of hydrogen-bond acceptors (Lipinski definition) is 4. The van der Waals surface area contributed by atoms with Crippen LogP contribution in [0.2, 0.25) is 0 Å². The van der Waals surface area contributed by atoms with Gasteiger partial charge < -0.3 is 4.98 Å². The first-order chi connectivity index (χ1) is 22.8. The van der Waals surface area contributed by atoms with Crippen molar-refractivity contribution >= 4 is 32.8 Å². The highest BCUT2D eigenvalue weighted by Gasteiger charge is 2.18. The van der Waals surface area contributed by atoms with Gasteiger partial charge in [-0.2, -0.15) is 9.97 Å². The molecular formula is C40H26N6. The van der Waals surface area contributed by atoms with Crippen molar-refractivity contribution in [2.45, 2.75) is 0 Å². The Morgan fingerprint density at radius 1 is 0.478 bits per heavy atom. The molecule has 9 aromatic rings. The first-order valence-corrected chi connectivity index (χ1v) is 15.2. The molecule has 6 heteroatoms. The molecule has 0 amide bonds. The summed E-state index contributed by atoms with van der Waals surface area (Å²) in [6, 6.07) is 47.8. The maximum absolute atomic E-state index is 5.10. The van der Waals surface area contributed by atoms with Crippen LogP contribution in [-0.4, -0.2) is 29.5 Å². The standard InChI is InChI=1S/C40H26N6/c1-3-11-26(12-4-1)28-15-9-17-30(23-28)38-43-39(31-18-10-16-29(24-31)27-13-5-2-6-14-27)45-40(44-38)46-22-21-35-37(46)36-33(25-41-35)32-19-7-8-20-34(32)42-36/h1-25,42H. The predicted molar refractivity (Wildman–Crippen MR) is 186 cm³/mol. The molecule has 0 aliphatic heterocycles. The van der Waals surface area contributed by atoms with Gasteiger partial charge in [0.25, 0.3) is 0 Å². The lowest BCUT2D eigenvalue weighted by Crippen LogP contribution is -2.06. The largest absolute Gasteiger partial charge is 0.353 e. The second-order valence-corrected chi connectivity index (χ2v) is 11.3. The molecule has 0 fully saturated rings. The number of pyridine rings is 1. The van der Waals surface area contributed by atoms with Crippen LogP contribution in [0.3, 0.4) is 0 Å². The Morgan fingerprint density at radius 2 is 1.04 bits per heavy atom. The Kier molecular flexibility index (Phi) is 6.03. The van der Waals surface area contributed by atoms with E-state index in [4.69, 9.17) is 19.9 Å².